The second-order valence-corrected chi connectivity index (χ2v) is 3.99. The average Bonchev–Trinajstić information content (AvgIpc) is 2.79. The monoisotopic (exact) mass is 261 g/mol. The van der Waals surface area contributed by atoms with E-state index in [2.05, 4.69) is 10.1 Å². The van der Waals surface area contributed by atoms with Crippen LogP contribution in [0.1, 0.15) is 11.5 Å². The van der Waals surface area contributed by atoms with Crippen LogP contribution in [0.15, 0.2) is 33.8 Å². The van der Waals surface area contributed by atoms with Crippen molar-refractivity contribution in [2.75, 3.05) is 7.11 Å². The van der Waals surface area contributed by atoms with E-state index in [0.29, 0.717) is 23.1 Å². The Bertz CT molecular complexity index is 605. The Balaban J connectivity index is 2.39. The van der Waals surface area contributed by atoms with Gasteiger partial charge < -0.3 is 20.1 Å². The number of ether oxygens (including phenoxy) is 1. The standard InChI is InChI=1S/C13H15N3O3/c1-8-10(7-12(14)16-17)15-13(19-8)9-5-3-4-6-11(9)18-2/h3-6,17H,7H2,1-2H3,(H2,14,16). The van der Waals surface area contributed by atoms with Crippen molar-refractivity contribution in [1.82, 2.24) is 4.98 Å². The lowest BCUT2D eigenvalue weighted by Crippen LogP contribution is -2.15. The van der Waals surface area contributed by atoms with Crippen LogP contribution in [0.4, 0.5) is 0 Å². The number of benzene rings is 1. The molecule has 0 amide bonds. The average molecular weight is 261 g/mol. The number of methoxy groups -OCH3 is 1. The fraction of sp³-hybridized carbons (Fsp3) is 0.231. The summed E-state index contributed by atoms with van der Waals surface area (Å²) in [7, 11) is 1.59. The molecule has 6 nitrogen and oxygen atoms in total. The normalized spacial score (nSPS) is 11.6. The van der Waals surface area contributed by atoms with E-state index < -0.39 is 0 Å². The fourth-order valence-corrected chi connectivity index (χ4v) is 1.74. The van der Waals surface area contributed by atoms with Crippen molar-refractivity contribution in [3.05, 3.63) is 35.7 Å². The number of rotatable bonds is 4. The first kappa shape index (κ1) is 12.9. The highest BCUT2D eigenvalue weighted by atomic mass is 16.5. The van der Waals surface area contributed by atoms with E-state index in [1.165, 1.54) is 0 Å². The van der Waals surface area contributed by atoms with Gasteiger partial charge in [0.15, 0.2) is 0 Å². The number of hydrogen-bond donors (Lipinski definition) is 2. The molecule has 2 rings (SSSR count). The third-order valence-electron chi connectivity index (χ3n) is 2.71. The fourth-order valence-electron chi connectivity index (χ4n) is 1.74. The minimum Gasteiger partial charge on any atom is -0.496 e. The molecule has 1 aromatic carbocycles. The number of amidine groups is 1. The summed E-state index contributed by atoms with van der Waals surface area (Å²) < 4.78 is 10.9. The van der Waals surface area contributed by atoms with Crippen molar-refractivity contribution in [1.29, 1.82) is 0 Å². The summed E-state index contributed by atoms with van der Waals surface area (Å²) in [5.41, 5.74) is 6.87. The summed E-state index contributed by atoms with van der Waals surface area (Å²) in [6, 6.07) is 7.44. The Labute approximate surface area is 110 Å². The number of para-hydroxylation sites is 1. The van der Waals surface area contributed by atoms with Gasteiger partial charge in [-0.3, -0.25) is 0 Å². The molecular formula is C13H15N3O3. The first-order valence-corrected chi connectivity index (χ1v) is 5.71. The highest BCUT2D eigenvalue weighted by molar-refractivity contribution is 5.82. The summed E-state index contributed by atoms with van der Waals surface area (Å²) in [6.07, 6.45) is 0.237. The Morgan fingerprint density at radius 1 is 1.47 bits per heavy atom. The van der Waals surface area contributed by atoms with E-state index in [1.54, 1.807) is 14.0 Å². The minimum atomic E-state index is 0.0861. The molecule has 0 spiro atoms. The number of oxime groups is 1. The number of nitrogens with zero attached hydrogens (tertiary/aromatic N) is 2. The molecule has 3 N–H and O–H groups in total. The van der Waals surface area contributed by atoms with Crippen molar-refractivity contribution >= 4 is 5.84 Å². The zero-order chi connectivity index (χ0) is 13.8. The summed E-state index contributed by atoms with van der Waals surface area (Å²) >= 11 is 0. The number of oxazole rings is 1. The number of nitrogens with two attached hydrogens (primary N) is 1. The van der Waals surface area contributed by atoms with Crippen LogP contribution in [0.5, 0.6) is 5.75 Å². The van der Waals surface area contributed by atoms with Gasteiger partial charge >= 0.3 is 0 Å². The van der Waals surface area contributed by atoms with Crippen molar-refractivity contribution in [2.45, 2.75) is 13.3 Å². The molecule has 100 valence electrons. The molecule has 0 radical (unpaired) electrons. The summed E-state index contributed by atoms with van der Waals surface area (Å²) in [4.78, 5) is 4.36. The van der Waals surface area contributed by atoms with Crippen LogP contribution in [-0.2, 0) is 6.42 Å². The largest absolute Gasteiger partial charge is 0.496 e. The Hall–Kier alpha value is -2.50. The second kappa shape index (κ2) is 5.43. The van der Waals surface area contributed by atoms with Crippen LogP contribution in [-0.4, -0.2) is 23.1 Å². The van der Waals surface area contributed by atoms with Crippen LogP contribution in [0.3, 0.4) is 0 Å². The Morgan fingerprint density at radius 2 is 2.21 bits per heavy atom. The van der Waals surface area contributed by atoms with Crippen molar-refractivity contribution < 1.29 is 14.4 Å². The van der Waals surface area contributed by atoms with Gasteiger partial charge in [0.25, 0.3) is 0 Å². The highest BCUT2D eigenvalue weighted by Gasteiger charge is 2.15. The lowest BCUT2D eigenvalue weighted by molar-refractivity contribution is 0.317. The molecule has 0 atom stereocenters. The van der Waals surface area contributed by atoms with Gasteiger partial charge in [0.2, 0.25) is 5.89 Å². The maximum Gasteiger partial charge on any atom is 0.230 e. The molecule has 0 unspecified atom stereocenters. The lowest BCUT2D eigenvalue weighted by Gasteiger charge is -2.03. The van der Waals surface area contributed by atoms with E-state index in [1.807, 2.05) is 24.3 Å². The first-order valence-electron chi connectivity index (χ1n) is 5.71. The van der Waals surface area contributed by atoms with E-state index in [4.69, 9.17) is 20.1 Å². The van der Waals surface area contributed by atoms with E-state index in [0.717, 1.165) is 5.56 Å². The molecule has 0 saturated heterocycles. The molecule has 0 bridgehead atoms. The van der Waals surface area contributed by atoms with Gasteiger partial charge in [-0.2, -0.15) is 0 Å². The molecule has 2 aromatic rings. The van der Waals surface area contributed by atoms with Gasteiger partial charge in [0.1, 0.15) is 17.3 Å². The number of aromatic nitrogens is 1. The summed E-state index contributed by atoms with van der Waals surface area (Å²) in [5, 5.41) is 11.5. The molecule has 0 saturated carbocycles. The van der Waals surface area contributed by atoms with Gasteiger partial charge in [0.05, 0.1) is 24.8 Å². The van der Waals surface area contributed by atoms with Crippen molar-refractivity contribution in [2.24, 2.45) is 10.9 Å². The molecule has 0 aliphatic heterocycles. The van der Waals surface area contributed by atoms with Gasteiger partial charge in [0, 0.05) is 0 Å². The van der Waals surface area contributed by atoms with Crippen LogP contribution in [0, 0.1) is 6.92 Å². The van der Waals surface area contributed by atoms with Gasteiger partial charge in [-0.05, 0) is 19.1 Å². The molecule has 6 heteroatoms. The second-order valence-electron chi connectivity index (χ2n) is 3.99. The van der Waals surface area contributed by atoms with Crippen LogP contribution >= 0.6 is 0 Å². The third kappa shape index (κ3) is 2.67. The number of hydrogen-bond acceptors (Lipinski definition) is 5. The number of aryl methyl sites for hydroxylation is 1. The van der Waals surface area contributed by atoms with Gasteiger partial charge in [-0.25, -0.2) is 4.98 Å². The highest BCUT2D eigenvalue weighted by Crippen LogP contribution is 2.30. The smallest absolute Gasteiger partial charge is 0.230 e. The zero-order valence-corrected chi connectivity index (χ0v) is 10.8. The molecule has 0 fully saturated rings. The lowest BCUT2D eigenvalue weighted by atomic mass is 10.2. The summed E-state index contributed by atoms with van der Waals surface area (Å²) in [5.74, 6) is 1.85. The maximum atomic E-state index is 8.58. The zero-order valence-electron chi connectivity index (χ0n) is 10.8. The molecule has 1 heterocycles. The Kier molecular flexibility index (Phi) is 3.70. The first-order chi connectivity index (χ1) is 9.15. The molecule has 0 aliphatic carbocycles. The van der Waals surface area contributed by atoms with Crippen molar-refractivity contribution in [3.63, 3.8) is 0 Å². The molecular weight excluding hydrogens is 246 g/mol. The molecule has 0 aliphatic rings. The van der Waals surface area contributed by atoms with E-state index in [-0.39, 0.29) is 12.3 Å². The van der Waals surface area contributed by atoms with Crippen LogP contribution in [0.2, 0.25) is 0 Å². The van der Waals surface area contributed by atoms with Gasteiger partial charge in [-0.15, -0.1) is 0 Å². The quantitative estimate of drug-likeness (QED) is 0.379. The maximum absolute atomic E-state index is 8.58. The van der Waals surface area contributed by atoms with Crippen molar-refractivity contribution in [3.8, 4) is 17.2 Å². The minimum absolute atomic E-state index is 0.0861. The molecule has 19 heavy (non-hydrogen) atoms. The van der Waals surface area contributed by atoms with Crippen LogP contribution in [0.25, 0.3) is 11.5 Å². The molecule has 1 aromatic heterocycles. The SMILES string of the molecule is COc1ccccc1-c1nc(CC(N)=NO)c(C)o1. The van der Waals surface area contributed by atoms with E-state index in [9.17, 15) is 0 Å². The topological polar surface area (TPSA) is 93.9 Å². The Morgan fingerprint density at radius 3 is 2.89 bits per heavy atom. The third-order valence-corrected chi connectivity index (χ3v) is 2.71. The predicted molar refractivity (Wildman–Crippen MR) is 70.3 cm³/mol. The predicted octanol–water partition coefficient (Wildman–Crippen LogP) is 1.95. The van der Waals surface area contributed by atoms with E-state index >= 15 is 0 Å². The van der Waals surface area contributed by atoms with Gasteiger partial charge in [-0.1, -0.05) is 17.3 Å². The summed E-state index contributed by atoms with van der Waals surface area (Å²) in [6.45, 7) is 1.78. The van der Waals surface area contributed by atoms with Crippen LogP contribution < -0.4 is 10.5 Å².